The number of nitrogens with zero attached hydrogens (tertiary/aromatic N) is 3. The van der Waals surface area contributed by atoms with E-state index in [-0.39, 0.29) is 11.2 Å². The van der Waals surface area contributed by atoms with Gasteiger partial charge in [-0.3, -0.25) is 14.7 Å². The molecule has 24 heavy (non-hydrogen) atoms. The predicted octanol–water partition coefficient (Wildman–Crippen LogP) is 2.48. The zero-order chi connectivity index (χ0) is 17.1. The molecule has 0 saturated carbocycles. The van der Waals surface area contributed by atoms with E-state index in [4.69, 9.17) is 0 Å². The minimum absolute atomic E-state index is 0.201. The van der Waals surface area contributed by atoms with Crippen LogP contribution in [0.15, 0.2) is 41.6 Å². The van der Waals surface area contributed by atoms with E-state index >= 15 is 0 Å². The fraction of sp³-hybridized carbons (Fsp3) is 0.474. The molecule has 2 unspecified atom stereocenters. The van der Waals surface area contributed by atoms with Crippen LogP contribution in [-0.4, -0.2) is 32.6 Å². The van der Waals surface area contributed by atoms with E-state index in [2.05, 4.69) is 23.7 Å². The molecular formula is C19H25N3O2. The SMILES string of the molecule is CC1CC(C)CN(Cc2cc(=O)c(O)cn2Cc2ccncc2)C1. The van der Waals surface area contributed by atoms with Crippen molar-refractivity contribution in [3.8, 4) is 5.75 Å². The van der Waals surface area contributed by atoms with Crippen molar-refractivity contribution in [1.82, 2.24) is 14.5 Å². The van der Waals surface area contributed by atoms with Crippen LogP contribution in [0.4, 0.5) is 0 Å². The second kappa shape index (κ2) is 7.18. The molecule has 1 N–H and O–H groups in total. The Morgan fingerprint density at radius 3 is 2.50 bits per heavy atom. The van der Waals surface area contributed by atoms with Crippen molar-refractivity contribution in [3.05, 3.63) is 58.3 Å². The predicted molar refractivity (Wildman–Crippen MR) is 93.9 cm³/mol. The highest BCUT2D eigenvalue weighted by Gasteiger charge is 2.22. The fourth-order valence-electron chi connectivity index (χ4n) is 3.72. The molecule has 3 rings (SSSR count). The summed E-state index contributed by atoms with van der Waals surface area (Å²) in [7, 11) is 0. The fourth-order valence-corrected chi connectivity index (χ4v) is 3.72. The molecule has 2 aromatic rings. The van der Waals surface area contributed by atoms with E-state index in [1.165, 1.54) is 6.42 Å². The Balaban J connectivity index is 1.86. The van der Waals surface area contributed by atoms with Crippen molar-refractivity contribution < 1.29 is 5.11 Å². The topological polar surface area (TPSA) is 58.4 Å². The summed E-state index contributed by atoms with van der Waals surface area (Å²) in [5.74, 6) is 1.14. The third-order valence-corrected chi connectivity index (χ3v) is 4.63. The zero-order valence-electron chi connectivity index (χ0n) is 14.4. The summed E-state index contributed by atoms with van der Waals surface area (Å²) in [6.07, 6.45) is 6.32. The van der Waals surface area contributed by atoms with E-state index in [1.54, 1.807) is 24.7 Å². The van der Waals surface area contributed by atoms with Gasteiger partial charge < -0.3 is 9.67 Å². The first kappa shape index (κ1) is 16.7. The molecule has 0 amide bonds. The van der Waals surface area contributed by atoms with Gasteiger partial charge in [0.1, 0.15) is 0 Å². The number of aromatic nitrogens is 2. The largest absolute Gasteiger partial charge is 0.503 e. The highest BCUT2D eigenvalue weighted by Crippen LogP contribution is 2.22. The van der Waals surface area contributed by atoms with E-state index < -0.39 is 0 Å². The van der Waals surface area contributed by atoms with Gasteiger partial charge in [-0.25, -0.2) is 0 Å². The van der Waals surface area contributed by atoms with Crippen LogP contribution in [0.1, 0.15) is 31.5 Å². The van der Waals surface area contributed by atoms with Gasteiger partial charge in [0.15, 0.2) is 5.75 Å². The average molecular weight is 327 g/mol. The smallest absolute Gasteiger partial charge is 0.223 e. The second-order valence-corrected chi connectivity index (χ2v) is 7.14. The first-order chi connectivity index (χ1) is 11.5. The van der Waals surface area contributed by atoms with Gasteiger partial charge >= 0.3 is 0 Å². The lowest BCUT2D eigenvalue weighted by Gasteiger charge is -2.35. The van der Waals surface area contributed by atoms with Crippen LogP contribution in [0, 0.1) is 11.8 Å². The highest BCUT2D eigenvalue weighted by atomic mass is 16.3. The van der Waals surface area contributed by atoms with Gasteiger partial charge in [-0.1, -0.05) is 13.8 Å². The Kier molecular flexibility index (Phi) is 5.00. The van der Waals surface area contributed by atoms with Crippen LogP contribution >= 0.6 is 0 Å². The van der Waals surface area contributed by atoms with Crippen LogP contribution < -0.4 is 5.43 Å². The summed E-state index contributed by atoms with van der Waals surface area (Å²) in [4.78, 5) is 18.4. The van der Waals surface area contributed by atoms with Gasteiger partial charge in [0.2, 0.25) is 5.43 Å². The van der Waals surface area contributed by atoms with Crippen LogP contribution in [0.3, 0.4) is 0 Å². The molecule has 1 saturated heterocycles. The van der Waals surface area contributed by atoms with Crippen molar-refractivity contribution in [2.24, 2.45) is 11.8 Å². The molecule has 0 spiro atoms. The maximum Gasteiger partial charge on any atom is 0.223 e. The average Bonchev–Trinajstić information content (AvgIpc) is 2.52. The van der Waals surface area contributed by atoms with Gasteiger partial charge in [-0.05, 0) is 36.0 Å². The van der Waals surface area contributed by atoms with Gasteiger partial charge in [0, 0.05) is 50.3 Å². The van der Waals surface area contributed by atoms with Crippen molar-refractivity contribution in [2.75, 3.05) is 13.1 Å². The summed E-state index contributed by atoms with van der Waals surface area (Å²) in [5, 5.41) is 9.83. The lowest BCUT2D eigenvalue weighted by atomic mass is 9.92. The van der Waals surface area contributed by atoms with Gasteiger partial charge in [-0.2, -0.15) is 0 Å². The number of aromatic hydroxyl groups is 1. The molecule has 5 heteroatoms. The van der Waals surface area contributed by atoms with Crippen LogP contribution in [0.25, 0.3) is 0 Å². The number of hydrogen-bond acceptors (Lipinski definition) is 4. The number of hydrogen-bond donors (Lipinski definition) is 1. The van der Waals surface area contributed by atoms with Crippen molar-refractivity contribution in [1.29, 1.82) is 0 Å². The first-order valence-electron chi connectivity index (χ1n) is 8.55. The molecule has 2 aromatic heterocycles. The summed E-state index contributed by atoms with van der Waals surface area (Å²) < 4.78 is 1.97. The monoisotopic (exact) mass is 327 g/mol. The standard InChI is InChI=1S/C19H25N3O2/c1-14-7-15(2)10-21(9-14)12-17-8-18(23)19(24)13-22(17)11-16-3-5-20-6-4-16/h3-6,8,13-15,24H,7,9-12H2,1-2H3. The number of rotatable bonds is 4. The quantitative estimate of drug-likeness (QED) is 0.937. The molecule has 2 atom stereocenters. The molecule has 0 bridgehead atoms. The molecule has 0 aliphatic carbocycles. The van der Waals surface area contributed by atoms with Gasteiger partial charge in [0.25, 0.3) is 0 Å². The van der Waals surface area contributed by atoms with Crippen LogP contribution in [0.5, 0.6) is 5.75 Å². The minimum Gasteiger partial charge on any atom is -0.503 e. The molecule has 128 valence electrons. The molecule has 1 fully saturated rings. The Bertz CT molecular complexity index is 732. The molecule has 0 aromatic carbocycles. The van der Waals surface area contributed by atoms with Gasteiger partial charge in [0.05, 0.1) is 6.20 Å². The third kappa shape index (κ3) is 4.03. The molecule has 3 heterocycles. The van der Waals surface area contributed by atoms with Crippen LogP contribution in [0.2, 0.25) is 0 Å². The van der Waals surface area contributed by atoms with E-state index in [0.29, 0.717) is 18.4 Å². The summed E-state index contributed by atoms with van der Waals surface area (Å²) >= 11 is 0. The zero-order valence-corrected chi connectivity index (χ0v) is 14.4. The maximum absolute atomic E-state index is 11.9. The molecular weight excluding hydrogens is 302 g/mol. The minimum atomic E-state index is -0.311. The summed E-state index contributed by atoms with van der Waals surface area (Å²) in [6.45, 7) is 8.01. The highest BCUT2D eigenvalue weighted by molar-refractivity contribution is 5.22. The second-order valence-electron chi connectivity index (χ2n) is 7.14. The van der Waals surface area contributed by atoms with Gasteiger partial charge in [-0.15, -0.1) is 0 Å². The van der Waals surface area contributed by atoms with E-state index in [9.17, 15) is 9.90 Å². The van der Waals surface area contributed by atoms with Crippen molar-refractivity contribution in [3.63, 3.8) is 0 Å². The Hall–Kier alpha value is -2.14. The van der Waals surface area contributed by atoms with Crippen molar-refractivity contribution >= 4 is 0 Å². The van der Waals surface area contributed by atoms with Crippen LogP contribution in [-0.2, 0) is 13.1 Å². The lowest BCUT2D eigenvalue weighted by Crippen LogP contribution is -2.39. The molecule has 5 nitrogen and oxygen atoms in total. The number of likely N-dealkylation sites (tertiary alicyclic amines) is 1. The Morgan fingerprint density at radius 2 is 1.83 bits per heavy atom. The third-order valence-electron chi connectivity index (χ3n) is 4.63. The molecule has 1 aliphatic rings. The van der Waals surface area contributed by atoms with Crippen molar-refractivity contribution in [2.45, 2.75) is 33.4 Å². The summed E-state index contributed by atoms with van der Waals surface area (Å²) in [6, 6.07) is 5.47. The molecule has 1 aliphatic heterocycles. The normalized spacial score (nSPS) is 21.8. The Morgan fingerprint density at radius 1 is 1.17 bits per heavy atom. The number of piperidine rings is 1. The maximum atomic E-state index is 11.9. The molecule has 0 radical (unpaired) electrons. The number of pyridine rings is 2. The van der Waals surface area contributed by atoms with E-state index in [1.807, 2.05) is 16.7 Å². The summed E-state index contributed by atoms with van der Waals surface area (Å²) in [5.41, 5.74) is 1.72. The first-order valence-corrected chi connectivity index (χ1v) is 8.55. The van der Waals surface area contributed by atoms with E-state index in [0.717, 1.165) is 30.9 Å². The Labute approximate surface area is 142 Å². The lowest BCUT2D eigenvalue weighted by molar-refractivity contribution is 0.131.